The van der Waals surface area contributed by atoms with E-state index in [1.54, 1.807) is 28.5 Å². The number of carbonyl (C=O) groups excluding carboxylic acids is 2. The van der Waals surface area contributed by atoms with E-state index in [1.807, 2.05) is 36.4 Å². The molecule has 0 radical (unpaired) electrons. The van der Waals surface area contributed by atoms with Crippen LogP contribution in [0.2, 0.25) is 0 Å². The number of nitrogens with one attached hydrogen (secondary N) is 1. The molecule has 0 fully saturated rings. The summed E-state index contributed by atoms with van der Waals surface area (Å²) in [4.78, 5) is 26.4. The molecular weight excluding hydrogens is 334 g/mol. The Labute approximate surface area is 149 Å². The van der Waals surface area contributed by atoms with Gasteiger partial charge < -0.3 is 9.64 Å². The van der Waals surface area contributed by atoms with Crippen molar-refractivity contribution in [1.29, 1.82) is 0 Å². The van der Waals surface area contributed by atoms with Crippen molar-refractivity contribution < 1.29 is 14.3 Å². The molecule has 0 bridgehead atoms. The zero-order valence-corrected chi connectivity index (χ0v) is 14.1. The van der Waals surface area contributed by atoms with Crippen molar-refractivity contribution in [3.63, 3.8) is 0 Å². The molecule has 0 saturated heterocycles. The van der Waals surface area contributed by atoms with Crippen LogP contribution in [0.1, 0.15) is 13.3 Å². The van der Waals surface area contributed by atoms with Crippen LogP contribution in [0.5, 0.6) is 5.75 Å². The van der Waals surface area contributed by atoms with Gasteiger partial charge in [0.1, 0.15) is 5.75 Å². The number of aromatic nitrogens is 3. The molecule has 1 atom stereocenters. The van der Waals surface area contributed by atoms with E-state index in [0.717, 1.165) is 0 Å². The highest BCUT2D eigenvalue weighted by atomic mass is 16.5. The third-order valence-electron chi connectivity index (χ3n) is 4.20. The molecule has 2 aromatic heterocycles. The first-order valence-corrected chi connectivity index (χ1v) is 8.30. The van der Waals surface area contributed by atoms with Crippen LogP contribution in [0.25, 0.3) is 5.65 Å². The number of benzene rings is 1. The molecule has 3 heterocycles. The Morgan fingerprint density at radius 1 is 1.19 bits per heavy atom. The first-order valence-electron chi connectivity index (χ1n) is 8.30. The van der Waals surface area contributed by atoms with Gasteiger partial charge in [-0.3, -0.25) is 19.3 Å². The molecule has 1 aromatic carbocycles. The number of amides is 2. The van der Waals surface area contributed by atoms with Crippen molar-refractivity contribution in [3.05, 3.63) is 48.7 Å². The van der Waals surface area contributed by atoms with E-state index in [9.17, 15) is 9.59 Å². The molecule has 1 aliphatic rings. The van der Waals surface area contributed by atoms with Crippen LogP contribution >= 0.6 is 0 Å². The second-order valence-electron chi connectivity index (χ2n) is 5.97. The van der Waals surface area contributed by atoms with Gasteiger partial charge in [0.2, 0.25) is 11.9 Å². The number of ether oxygens (including phenoxy) is 1. The van der Waals surface area contributed by atoms with Gasteiger partial charge in [-0.25, -0.2) is 0 Å². The Bertz CT molecular complexity index is 984. The predicted molar refractivity (Wildman–Crippen MR) is 95.1 cm³/mol. The summed E-state index contributed by atoms with van der Waals surface area (Å²) in [6.45, 7) is 1.96. The summed E-state index contributed by atoms with van der Waals surface area (Å²) in [5, 5.41) is 10.7. The van der Waals surface area contributed by atoms with Crippen LogP contribution in [-0.4, -0.2) is 39.1 Å². The van der Waals surface area contributed by atoms with E-state index in [1.165, 1.54) is 0 Å². The Balaban J connectivity index is 1.47. The van der Waals surface area contributed by atoms with E-state index in [0.29, 0.717) is 23.0 Å². The van der Waals surface area contributed by atoms with Crippen molar-refractivity contribution in [1.82, 2.24) is 14.6 Å². The van der Waals surface area contributed by atoms with Crippen LogP contribution in [0.3, 0.4) is 0 Å². The van der Waals surface area contributed by atoms with E-state index < -0.39 is 6.10 Å². The first kappa shape index (κ1) is 16.1. The van der Waals surface area contributed by atoms with Crippen LogP contribution < -0.4 is 15.0 Å². The van der Waals surface area contributed by atoms with Crippen molar-refractivity contribution >= 4 is 29.1 Å². The molecule has 4 rings (SSSR count). The summed E-state index contributed by atoms with van der Waals surface area (Å²) in [6.07, 6.45) is 1.33. The number of nitrogens with zero attached hydrogens (tertiary/aromatic N) is 4. The fraction of sp³-hybridized carbons (Fsp3) is 0.222. The van der Waals surface area contributed by atoms with Gasteiger partial charge in [0, 0.05) is 19.2 Å². The van der Waals surface area contributed by atoms with Gasteiger partial charge in [0.15, 0.2) is 11.8 Å². The van der Waals surface area contributed by atoms with Gasteiger partial charge in [-0.1, -0.05) is 18.2 Å². The molecule has 132 valence electrons. The maximum Gasteiger partial charge on any atom is 0.267 e. The first-order chi connectivity index (χ1) is 12.6. The number of para-hydroxylation sites is 2. The van der Waals surface area contributed by atoms with Gasteiger partial charge in [-0.05, 0) is 31.2 Å². The van der Waals surface area contributed by atoms with E-state index in [-0.39, 0.29) is 24.8 Å². The number of anilines is 2. The van der Waals surface area contributed by atoms with Crippen LogP contribution in [0.15, 0.2) is 48.7 Å². The normalized spacial score (nSPS) is 16.3. The molecule has 0 unspecified atom stereocenters. The number of carbonyl (C=O) groups is 2. The van der Waals surface area contributed by atoms with Crippen LogP contribution in [-0.2, 0) is 9.59 Å². The highest BCUT2D eigenvalue weighted by Gasteiger charge is 2.31. The second-order valence-corrected chi connectivity index (χ2v) is 5.97. The quantitative estimate of drug-likeness (QED) is 0.775. The number of pyridine rings is 1. The van der Waals surface area contributed by atoms with Crippen molar-refractivity contribution in [2.75, 3.05) is 16.8 Å². The summed E-state index contributed by atoms with van der Waals surface area (Å²) in [6, 6.07) is 12.8. The van der Waals surface area contributed by atoms with Gasteiger partial charge in [0.25, 0.3) is 5.91 Å². The van der Waals surface area contributed by atoms with Crippen LogP contribution in [0.4, 0.5) is 11.6 Å². The lowest BCUT2D eigenvalue weighted by atomic mass is 10.1. The lowest BCUT2D eigenvalue weighted by molar-refractivity contribution is -0.125. The minimum Gasteiger partial charge on any atom is -0.479 e. The highest BCUT2D eigenvalue weighted by Crippen LogP contribution is 2.33. The Morgan fingerprint density at radius 2 is 2.00 bits per heavy atom. The Hall–Kier alpha value is -3.42. The van der Waals surface area contributed by atoms with Crippen LogP contribution in [0, 0.1) is 0 Å². The standard InChI is InChI=1S/C18H17N5O3/c1-12-17(25)22(13-6-2-3-7-14(13)26-12)11-9-16(24)19-18-21-20-15-8-4-5-10-23(15)18/h2-8,10,12H,9,11H2,1H3,(H,19,21,24)/t12-/m0/s1. The second kappa shape index (κ2) is 6.47. The molecule has 0 saturated carbocycles. The van der Waals surface area contributed by atoms with Crippen molar-refractivity contribution in [2.24, 2.45) is 0 Å². The largest absolute Gasteiger partial charge is 0.479 e. The summed E-state index contributed by atoms with van der Waals surface area (Å²) in [7, 11) is 0. The summed E-state index contributed by atoms with van der Waals surface area (Å²) in [5.41, 5.74) is 1.32. The predicted octanol–water partition coefficient (Wildman–Crippen LogP) is 1.87. The molecule has 2 amide bonds. The zero-order chi connectivity index (χ0) is 18.1. The molecular formula is C18H17N5O3. The molecule has 1 aliphatic heterocycles. The number of hydrogen-bond acceptors (Lipinski definition) is 5. The topological polar surface area (TPSA) is 88.8 Å². The third-order valence-corrected chi connectivity index (χ3v) is 4.20. The SMILES string of the molecule is C[C@@H]1Oc2ccccc2N(CCC(=O)Nc2nnc3ccccn23)C1=O. The maximum absolute atomic E-state index is 12.4. The number of hydrogen-bond donors (Lipinski definition) is 1. The average molecular weight is 351 g/mol. The molecule has 0 spiro atoms. The summed E-state index contributed by atoms with van der Waals surface area (Å²) >= 11 is 0. The molecule has 8 heteroatoms. The van der Waals surface area contributed by atoms with E-state index >= 15 is 0 Å². The third kappa shape index (κ3) is 2.85. The zero-order valence-electron chi connectivity index (χ0n) is 14.1. The summed E-state index contributed by atoms with van der Waals surface area (Å²) < 4.78 is 7.29. The van der Waals surface area contributed by atoms with Gasteiger partial charge in [-0.2, -0.15) is 0 Å². The number of fused-ring (bicyclic) bond motifs is 2. The van der Waals surface area contributed by atoms with E-state index in [2.05, 4.69) is 15.5 Å². The molecule has 3 aromatic rings. The minimum atomic E-state index is -0.576. The average Bonchev–Trinajstić information content (AvgIpc) is 3.05. The van der Waals surface area contributed by atoms with E-state index in [4.69, 9.17) is 4.74 Å². The summed E-state index contributed by atoms with van der Waals surface area (Å²) in [5.74, 6) is 0.591. The van der Waals surface area contributed by atoms with Gasteiger partial charge in [-0.15, -0.1) is 10.2 Å². The molecule has 0 aliphatic carbocycles. The molecule has 8 nitrogen and oxygen atoms in total. The fourth-order valence-electron chi connectivity index (χ4n) is 2.92. The highest BCUT2D eigenvalue weighted by molar-refractivity contribution is 6.00. The smallest absolute Gasteiger partial charge is 0.267 e. The van der Waals surface area contributed by atoms with Crippen molar-refractivity contribution in [2.45, 2.75) is 19.4 Å². The lowest BCUT2D eigenvalue weighted by Gasteiger charge is -2.32. The number of rotatable bonds is 4. The van der Waals surface area contributed by atoms with Gasteiger partial charge in [0.05, 0.1) is 5.69 Å². The monoisotopic (exact) mass is 351 g/mol. The van der Waals surface area contributed by atoms with Crippen molar-refractivity contribution in [3.8, 4) is 5.75 Å². The fourth-order valence-corrected chi connectivity index (χ4v) is 2.92. The molecule has 1 N–H and O–H groups in total. The minimum absolute atomic E-state index is 0.133. The lowest BCUT2D eigenvalue weighted by Crippen LogP contribution is -2.45. The Morgan fingerprint density at radius 3 is 2.88 bits per heavy atom. The maximum atomic E-state index is 12.4. The Kier molecular flexibility index (Phi) is 4.00. The molecule has 26 heavy (non-hydrogen) atoms. The van der Waals surface area contributed by atoms with Gasteiger partial charge >= 0.3 is 0 Å².